The third-order valence-corrected chi connectivity index (χ3v) is 7.81. The van der Waals surface area contributed by atoms with Crippen LogP contribution >= 0.6 is 23.2 Å². The number of aryl methyl sites for hydroxylation is 1. The molecule has 0 unspecified atom stereocenters. The van der Waals surface area contributed by atoms with Crippen LogP contribution in [0.5, 0.6) is 0 Å². The summed E-state index contributed by atoms with van der Waals surface area (Å²) in [6.07, 6.45) is 3.14. The molecule has 0 spiro atoms. The number of hydrogen-bond donors (Lipinski definition) is 1. The first-order valence-corrected chi connectivity index (χ1v) is 14.6. The molecular weight excluding hydrogens is 521 g/mol. The fourth-order valence-corrected chi connectivity index (χ4v) is 5.23. The van der Waals surface area contributed by atoms with Crippen LogP contribution in [0.15, 0.2) is 36.4 Å². The lowest BCUT2D eigenvalue weighted by molar-refractivity contribution is -0.140. The topological polar surface area (TPSA) is 86.8 Å². The molecule has 10 heteroatoms. The van der Waals surface area contributed by atoms with Gasteiger partial charge in [0.2, 0.25) is 21.8 Å². The zero-order chi connectivity index (χ0) is 27.0. The highest BCUT2D eigenvalue weighted by atomic mass is 35.5. The number of rotatable bonds is 12. The summed E-state index contributed by atoms with van der Waals surface area (Å²) in [5, 5.41) is 3.70. The maximum Gasteiger partial charge on any atom is 0.244 e. The first-order valence-electron chi connectivity index (χ1n) is 12.0. The monoisotopic (exact) mass is 555 g/mol. The van der Waals surface area contributed by atoms with Crippen LogP contribution in [0.3, 0.4) is 0 Å². The molecule has 0 aliphatic rings. The number of carbonyl (C=O) groups is 2. The predicted molar refractivity (Wildman–Crippen MR) is 147 cm³/mol. The molecule has 0 fully saturated rings. The number of unbranched alkanes of at least 4 members (excludes halogenated alkanes) is 1. The van der Waals surface area contributed by atoms with Crippen LogP contribution in [0.2, 0.25) is 10.0 Å². The third kappa shape index (κ3) is 7.85. The Labute approximate surface area is 224 Å². The van der Waals surface area contributed by atoms with Gasteiger partial charge in [-0.3, -0.25) is 13.9 Å². The van der Waals surface area contributed by atoms with E-state index in [-0.39, 0.29) is 12.5 Å². The summed E-state index contributed by atoms with van der Waals surface area (Å²) in [5.74, 6) is -0.799. The molecule has 36 heavy (non-hydrogen) atoms. The Morgan fingerprint density at radius 1 is 1.08 bits per heavy atom. The number of amides is 2. The average Bonchev–Trinajstić information content (AvgIpc) is 2.80. The zero-order valence-corrected chi connectivity index (χ0v) is 23.8. The Kier molecular flexibility index (Phi) is 11.1. The molecular formula is C26H35Cl2N3O4S. The molecule has 0 saturated heterocycles. The Balaban J connectivity index is 2.48. The molecule has 2 rings (SSSR count). The molecule has 7 nitrogen and oxygen atoms in total. The molecule has 2 amide bonds. The van der Waals surface area contributed by atoms with Gasteiger partial charge in [0.15, 0.2) is 0 Å². The van der Waals surface area contributed by atoms with Gasteiger partial charge in [-0.2, -0.15) is 0 Å². The van der Waals surface area contributed by atoms with Gasteiger partial charge in [-0.1, -0.05) is 61.7 Å². The summed E-state index contributed by atoms with van der Waals surface area (Å²) in [5.41, 5.74) is 2.69. The number of sulfonamides is 1. The highest BCUT2D eigenvalue weighted by Crippen LogP contribution is 2.27. The average molecular weight is 557 g/mol. The van der Waals surface area contributed by atoms with E-state index in [1.54, 1.807) is 30.3 Å². The van der Waals surface area contributed by atoms with Crippen LogP contribution < -0.4 is 9.62 Å². The number of hydrogen-bond acceptors (Lipinski definition) is 4. The van der Waals surface area contributed by atoms with E-state index in [0.29, 0.717) is 34.3 Å². The molecule has 1 N–H and O–H groups in total. The third-order valence-electron chi connectivity index (χ3n) is 6.10. The van der Waals surface area contributed by atoms with Crippen molar-refractivity contribution in [2.24, 2.45) is 0 Å². The normalized spacial score (nSPS) is 12.2. The fourth-order valence-electron chi connectivity index (χ4n) is 3.86. The van der Waals surface area contributed by atoms with E-state index in [9.17, 15) is 18.0 Å². The Morgan fingerprint density at radius 3 is 2.36 bits per heavy atom. The SMILES string of the molecule is CCCCNC(=O)[C@H](CC)N(Cc1ccc(Cl)cc1Cl)C(=O)CN(c1cccc(C)c1C)S(C)(=O)=O. The fraction of sp³-hybridized carbons (Fsp3) is 0.462. The van der Waals surface area contributed by atoms with Crippen molar-refractivity contribution < 1.29 is 18.0 Å². The minimum Gasteiger partial charge on any atom is -0.354 e. The summed E-state index contributed by atoms with van der Waals surface area (Å²) < 4.78 is 26.7. The van der Waals surface area contributed by atoms with Crippen molar-refractivity contribution in [2.75, 3.05) is 23.7 Å². The van der Waals surface area contributed by atoms with Crippen molar-refractivity contribution in [3.63, 3.8) is 0 Å². The van der Waals surface area contributed by atoms with Crippen LogP contribution in [0.1, 0.15) is 49.8 Å². The first kappa shape index (κ1) is 29.9. The Bertz CT molecular complexity index is 1190. The highest BCUT2D eigenvalue weighted by Gasteiger charge is 2.32. The van der Waals surface area contributed by atoms with Gasteiger partial charge in [0.1, 0.15) is 12.6 Å². The number of anilines is 1. The summed E-state index contributed by atoms with van der Waals surface area (Å²) in [6.45, 7) is 7.60. The first-order chi connectivity index (χ1) is 16.9. The van der Waals surface area contributed by atoms with E-state index in [4.69, 9.17) is 23.2 Å². The van der Waals surface area contributed by atoms with Crippen LogP contribution in [-0.4, -0.2) is 50.5 Å². The van der Waals surface area contributed by atoms with Crippen LogP contribution in [0.4, 0.5) is 5.69 Å². The lowest BCUT2D eigenvalue weighted by atomic mass is 10.1. The lowest BCUT2D eigenvalue weighted by Gasteiger charge is -2.33. The maximum atomic E-state index is 13.8. The van der Waals surface area contributed by atoms with Gasteiger partial charge in [0.25, 0.3) is 0 Å². The number of nitrogens with zero attached hydrogens (tertiary/aromatic N) is 2. The quantitative estimate of drug-likeness (QED) is 0.369. The molecule has 2 aromatic carbocycles. The maximum absolute atomic E-state index is 13.8. The van der Waals surface area contributed by atoms with Crippen molar-refractivity contribution in [1.82, 2.24) is 10.2 Å². The second-order valence-electron chi connectivity index (χ2n) is 8.81. The van der Waals surface area contributed by atoms with Crippen LogP contribution in [0.25, 0.3) is 0 Å². The number of halogens is 2. The van der Waals surface area contributed by atoms with Crippen molar-refractivity contribution in [2.45, 2.75) is 59.5 Å². The molecule has 0 radical (unpaired) electrons. The van der Waals surface area contributed by atoms with Crippen molar-refractivity contribution in [1.29, 1.82) is 0 Å². The zero-order valence-electron chi connectivity index (χ0n) is 21.5. The molecule has 2 aromatic rings. The molecule has 0 bridgehead atoms. The largest absolute Gasteiger partial charge is 0.354 e. The van der Waals surface area contributed by atoms with Crippen LogP contribution in [-0.2, 0) is 26.2 Å². The summed E-state index contributed by atoms with van der Waals surface area (Å²) in [4.78, 5) is 28.2. The van der Waals surface area contributed by atoms with E-state index in [1.165, 1.54) is 4.90 Å². The van der Waals surface area contributed by atoms with E-state index in [1.807, 2.05) is 33.8 Å². The van der Waals surface area contributed by atoms with Gasteiger partial charge in [-0.25, -0.2) is 8.42 Å². The van der Waals surface area contributed by atoms with Crippen LogP contribution in [0, 0.1) is 13.8 Å². The van der Waals surface area contributed by atoms with Gasteiger partial charge >= 0.3 is 0 Å². The predicted octanol–water partition coefficient (Wildman–Crippen LogP) is 5.10. The van der Waals surface area contributed by atoms with Crippen molar-refractivity contribution in [3.8, 4) is 0 Å². The Morgan fingerprint density at radius 2 is 1.78 bits per heavy atom. The van der Waals surface area contributed by atoms with Crippen molar-refractivity contribution in [3.05, 3.63) is 63.1 Å². The van der Waals surface area contributed by atoms with Gasteiger partial charge in [0, 0.05) is 23.1 Å². The van der Waals surface area contributed by atoms with Gasteiger partial charge in [-0.05, 0) is 61.6 Å². The van der Waals surface area contributed by atoms with E-state index >= 15 is 0 Å². The standard InChI is InChI=1S/C26H35Cl2N3O4S/c1-6-8-14-29-26(33)23(7-2)30(16-20-12-13-21(27)15-22(20)28)25(32)17-31(36(5,34)35)24-11-9-10-18(3)19(24)4/h9-13,15,23H,6-8,14,16-17H2,1-5H3,(H,29,33)/t23-/m0/s1. The number of nitrogens with one attached hydrogen (secondary N) is 1. The molecule has 0 aliphatic carbocycles. The van der Waals surface area contributed by atoms with Gasteiger partial charge in [0.05, 0.1) is 11.9 Å². The van der Waals surface area contributed by atoms with E-state index in [2.05, 4.69) is 5.32 Å². The summed E-state index contributed by atoms with van der Waals surface area (Å²) in [7, 11) is -3.80. The Hall–Kier alpha value is -2.29. The smallest absolute Gasteiger partial charge is 0.244 e. The molecule has 1 atom stereocenters. The lowest BCUT2D eigenvalue weighted by Crippen LogP contribution is -2.52. The minimum absolute atomic E-state index is 0.0267. The van der Waals surface area contributed by atoms with E-state index < -0.39 is 28.5 Å². The second-order valence-corrected chi connectivity index (χ2v) is 11.6. The minimum atomic E-state index is -3.80. The molecule has 0 heterocycles. The van der Waals surface area contributed by atoms with Gasteiger partial charge < -0.3 is 10.2 Å². The van der Waals surface area contributed by atoms with Crippen molar-refractivity contribution >= 4 is 50.7 Å². The van der Waals surface area contributed by atoms with Gasteiger partial charge in [-0.15, -0.1) is 0 Å². The molecule has 0 aromatic heterocycles. The number of carbonyl (C=O) groups excluding carboxylic acids is 2. The number of benzene rings is 2. The molecule has 198 valence electrons. The highest BCUT2D eigenvalue weighted by molar-refractivity contribution is 7.92. The molecule has 0 saturated carbocycles. The second kappa shape index (κ2) is 13.3. The molecule has 0 aliphatic heterocycles. The summed E-state index contributed by atoms with van der Waals surface area (Å²) in [6, 6.07) is 9.43. The van der Waals surface area contributed by atoms with E-state index in [0.717, 1.165) is 34.5 Å². The summed E-state index contributed by atoms with van der Waals surface area (Å²) >= 11 is 12.4.